The normalized spacial score (nSPS) is 11.4. The van der Waals surface area contributed by atoms with Crippen LogP contribution in [0.4, 0.5) is 0 Å². The Morgan fingerprint density at radius 2 is 1.71 bits per heavy atom. The number of benzene rings is 2. The molecular weight excluding hydrogens is 376 g/mol. The summed E-state index contributed by atoms with van der Waals surface area (Å²) in [6, 6.07) is 14.2. The quantitative estimate of drug-likeness (QED) is 0.663. The number of carbonyl (C=O) groups is 1. The summed E-state index contributed by atoms with van der Waals surface area (Å²) in [6.07, 6.45) is 2.13. The number of nitrogens with zero attached hydrogens (tertiary/aromatic N) is 2. The average Bonchev–Trinajstić information content (AvgIpc) is 3.03. The molecule has 1 amide bonds. The Morgan fingerprint density at radius 3 is 2.32 bits per heavy atom. The van der Waals surface area contributed by atoms with Crippen molar-refractivity contribution < 1.29 is 13.2 Å². The van der Waals surface area contributed by atoms with Crippen LogP contribution in [0.2, 0.25) is 0 Å². The fourth-order valence-corrected chi connectivity index (χ4v) is 3.36. The second-order valence-electron chi connectivity index (χ2n) is 6.59. The number of sulfonamides is 1. The van der Waals surface area contributed by atoms with E-state index in [-0.39, 0.29) is 10.8 Å². The highest BCUT2D eigenvalue weighted by Gasteiger charge is 2.15. The molecule has 0 aliphatic heterocycles. The number of amides is 1. The molecule has 28 heavy (non-hydrogen) atoms. The number of primary sulfonamides is 1. The summed E-state index contributed by atoms with van der Waals surface area (Å²) in [5, 5.41) is 12.3. The first-order chi connectivity index (χ1) is 13.3. The molecule has 0 spiro atoms. The Hall–Kier alpha value is -2.97. The van der Waals surface area contributed by atoms with Gasteiger partial charge in [0.25, 0.3) is 5.91 Å². The molecular formula is C20H22N4O3S. The highest BCUT2D eigenvalue weighted by atomic mass is 32.2. The molecule has 8 heteroatoms. The van der Waals surface area contributed by atoms with Crippen molar-refractivity contribution in [3.05, 3.63) is 77.1 Å². The monoisotopic (exact) mass is 398 g/mol. The first-order valence-corrected chi connectivity index (χ1v) is 10.3. The molecule has 3 aromatic rings. The third-order valence-electron chi connectivity index (χ3n) is 4.48. The molecule has 0 unspecified atom stereocenters. The Labute approximate surface area is 164 Å². The van der Waals surface area contributed by atoms with Gasteiger partial charge in [-0.25, -0.2) is 18.2 Å². The van der Waals surface area contributed by atoms with Gasteiger partial charge >= 0.3 is 0 Å². The van der Waals surface area contributed by atoms with E-state index >= 15 is 0 Å². The maximum Gasteiger partial charge on any atom is 0.254 e. The maximum atomic E-state index is 12.5. The summed E-state index contributed by atoms with van der Waals surface area (Å²) in [6.45, 7) is 4.29. The van der Waals surface area contributed by atoms with Crippen molar-refractivity contribution in [2.24, 2.45) is 5.14 Å². The van der Waals surface area contributed by atoms with Crippen molar-refractivity contribution >= 4 is 15.9 Å². The second-order valence-corrected chi connectivity index (χ2v) is 8.15. The molecule has 2 aromatic carbocycles. The van der Waals surface area contributed by atoms with E-state index in [1.165, 1.54) is 12.1 Å². The molecule has 3 N–H and O–H groups in total. The molecule has 3 rings (SSSR count). The van der Waals surface area contributed by atoms with E-state index in [0.717, 1.165) is 22.5 Å². The van der Waals surface area contributed by atoms with Crippen LogP contribution in [0.3, 0.4) is 0 Å². The van der Waals surface area contributed by atoms with Crippen LogP contribution >= 0.6 is 0 Å². The van der Waals surface area contributed by atoms with Crippen LogP contribution in [0, 0.1) is 13.8 Å². The second kappa shape index (κ2) is 7.95. The summed E-state index contributed by atoms with van der Waals surface area (Å²) in [4.78, 5) is 12.5. The SMILES string of the molecule is Cc1ccc(-n2ncc(C(=O)NCCc3ccc(S(N)(=O)=O)cc3)c2C)cc1. The van der Waals surface area contributed by atoms with Crippen molar-refractivity contribution in [2.45, 2.75) is 25.2 Å². The standard InChI is InChI=1S/C20H22N4O3S/c1-14-3-7-17(8-4-14)24-15(2)19(13-23-24)20(25)22-12-11-16-5-9-18(10-6-16)28(21,26)27/h3-10,13H,11-12H2,1-2H3,(H,22,25)(H2,21,26,27). The van der Waals surface area contributed by atoms with Crippen molar-refractivity contribution in [1.82, 2.24) is 15.1 Å². The summed E-state index contributed by atoms with van der Waals surface area (Å²) in [7, 11) is -3.70. The van der Waals surface area contributed by atoms with Gasteiger partial charge in [0.05, 0.1) is 28.0 Å². The molecule has 0 saturated heterocycles. The molecule has 0 bridgehead atoms. The number of carbonyl (C=O) groups excluding carboxylic acids is 1. The summed E-state index contributed by atoms with van der Waals surface area (Å²) in [5.41, 5.74) is 4.24. The van der Waals surface area contributed by atoms with Crippen molar-refractivity contribution in [3.63, 3.8) is 0 Å². The van der Waals surface area contributed by atoms with Gasteiger partial charge in [-0.3, -0.25) is 4.79 Å². The largest absolute Gasteiger partial charge is 0.352 e. The minimum atomic E-state index is -3.70. The minimum Gasteiger partial charge on any atom is -0.352 e. The van der Waals surface area contributed by atoms with E-state index in [2.05, 4.69) is 10.4 Å². The Bertz CT molecular complexity index is 1090. The van der Waals surface area contributed by atoms with Crippen molar-refractivity contribution in [2.75, 3.05) is 6.54 Å². The average molecular weight is 398 g/mol. The van der Waals surface area contributed by atoms with E-state index in [0.29, 0.717) is 18.5 Å². The van der Waals surface area contributed by atoms with Crippen LogP contribution in [-0.4, -0.2) is 30.7 Å². The van der Waals surface area contributed by atoms with Gasteiger partial charge in [0.15, 0.2) is 0 Å². The maximum absolute atomic E-state index is 12.5. The topological polar surface area (TPSA) is 107 Å². The Morgan fingerprint density at radius 1 is 1.07 bits per heavy atom. The third kappa shape index (κ3) is 4.47. The number of aromatic nitrogens is 2. The molecule has 1 heterocycles. The highest BCUT2D eigenvalue weighted by Crippen LogP contribution is 2.15. The first kappa shape index (κ1) is 19.8. The van der Waals surface area contributed by atoms with Crippen LogP contribution in [0.25, 0.3) is 5.69 Å². The lowest BCUT2D eigenvalue weighted by molar-refractivity contribution is 0.0953. The molecule has 0 atom stereocenters. The molecule has 0 saturated carbocycles. The lowest BCUT2D eigenvalue weighted by atomic mass is 10.1. The molecule has 1 aromatic heterocycles. The van der Waals surface area contributed by atoms with Crippen LogP contribution in [0.1, 0.15) is 27.2 Å². The zero-order valence-corrected chi connectivity index (χ0v) is 16.5. The zero-order chi connectivity index (χ0) is 20.3. The first-order valence-electron chi connectivity index (χ1n) is 8.77. The van der Waals surface area contributed by atoms with Gasteiger partial charge in [0, 0.05) is 6.54 Å². The Kier molecular flexibility index (Phi) is 5.62. The molecule has 7 nitrogen and oxygen atoms in total. The summed E-state index contributed by atoms with van der Waals surface area (Å²) < 4.78 is 24.3. The van der Waals surface area contributed by atoms with E-state index in [1.807, 2.05) is 38.1 Å². The summed E-state index contributed by atoms with van der Waals surface area (Å²) >= 11 is 0. The van der Waals surface area contributed by atoms with Gasteiger partial charge in [-0.2, -0.15) is 5.10 Å². The van der Waals surface area contributed by atoms with Gasteiger partial charge in [0.2, 0.25) is 10.0 Å². The molecule has 0 aliphatic carbocycles. The fourth-order valence-electron chi connectivity index (χ4n) is 2.84. The molecule has 0 fully saturated rings. The molecule has 0 aliphatic rings. The Balaban J connectivity index is 1.62. The minimum absolute atomic E-state index is 0.0689. The predicted molar refractivity (Wildman–Crippen MR) is 107 cm³/mol. The number of hydrogen-bond donors (Lipinski definition) is 2. The van der Waals surface area contributed by atoms with E-state index < -0.39 is 10.0 Å². The van der Waals surface area contributed by atoms with Crippen LogP contribution in [0.15, 0.2) is 59.6 Å². The van der Waals surface area contributed by atoms with Gasteiger partial charge in [-0.15, -0.1) is 0 Å². The molecule has 0 radical (unpaired) electrons. The van der Waals surface area contributed by atoms with Gasteiger partial charge in [-0.05, 0) is 50.1 Å². The number of nitrogens with two attached hydrogens (primary N) is 1. The highest BCUT2D eigenvalue weighted by molar-refractivity contribution is 7.89. The number of hydrogen-bond acceptors (Lipinski definition) is 4. The van der Waals surface area contributed by atoms with Gasteiger partial charge in [-0.1, -0.05) is 29.8 Å². The van der Waals surface area contributed by atoms with Crippen LogP contribution in [0.5, 0.6) is 0 Å². The van der Waals surface area contributed by atoms with Crippen molar-refractivity contribution in [1.29, 1.82) is 0 Å². The fraction of sp³-hybridized carbons (Fsp3) is 0.200. The number of aryl methyl sites for hydroxylation is 1. The van der Waals surface area contributed by atoms with Gasteiger partial charge < -0.3 is 5.32 Å². The zero-order valence-electron chi connectivity index (χ0n) is 15.7. The van der Waals surface area contributed by atoms with Crippen LogP contribution < -0.4 is 10.5 Å². The van der Waals surface area contributed by atoms with E-state index in [9.17, 15) is 13.2 Å². The van der Waals surface area contributed by atoms with Crippen molar-refractivity contribution in [3.8, 4) is 5.69 Å². The third-order valence-corrected chi connectivity index (χ3v) is 5.41. The summed E-state index contributed by atoms with van der Waals surface area (Å²) in [5.74, 6) is -0.197. The van der Waals surface area contributed by atoms with E-state index in [1.54, 1.807) is 23.0 Å². The lowest BCUT2D eigenvalue weighted by Gasteiger charge is -2.07. The number of rotatable bonds is 6. The smallest absolute Gasteiger partial charge is 0.254 e. The van der Waals surface area contributed by atoms with Gasteiger partial charge in [0.1, 0.15) is 0 Å². The predicted octanol–water partition coefficient (Wildman–Crippen LogP) is 2.11. The molecule has 146 valence electrons. The van der Waals surface area contributed by atoms with E-state index in [4.69, 9.17) is 5.14 Å². The number of nitrogens with one attached hydrogen (secondary N) is 1. The van der Waals surface area contributed by atoms with Crippen LogP contribution in [-0.2, 0) is 16.4 Å². The lowest BCUT2D eigenvalue weighted by Crippen LogP contribution is -2.26.